The molecule has 5 nitrogen and oxygen atoms in total. The van der Waals surface area contributed by atoms with Crippen LogP contribution in [-0.4, -0.2) is 41.0 Å². The molecule has 0 aliphatic carbocycles. The van der Waals surface area contributed by atoms with E-state index in [-0.39, 0.29) is 24.6 Å². The summed E-state index contributed by atoms with van der Waals surface area (Å²) >= 11 is 0. The predicted octanol–water partition coefficient (Wildman–Crippen LogP) is 2.58. The van der Waals surface area contributed by atoms with E-state index in [1.807, 2.05) is 31.2 Å². The van der Waals surface area contributed by atoms with Gasteiger partial charge in [-0.15, -0.1) is 0 Å². The molecule has 23 heavy (non-hydrogen) atoms. The van der Waals surface area contributed by atoms with Crippen molar-refractivity contribution in [3.8, 4) is 0 Å². The fraction of sp³-hybridized carbons (Fsp3) is 0.588. The van der Waals surface area contributed by atoms with Crippen LogP contribution in [-0.2, 0) is 29.8 Å². The van der Waals surface area contributed by atoms with E-state index in [2.05, 4.69) is 0 Å². The molecular weight excluding hydrogens is 316 g/mol. The Morgan fingerprint density at radius 3 is 2.48 bits per heavy atom. The lowest BCUT2D eigenvalue weighted by molar-refractivity contribution is -0.295. The summed E-state index contributed by atoms with van der Waals surface area (Å²) < 4.78 is 28.8. The van der Waals surface area contributed by atoms with E-state index in [1.54, 1.807) is 13.8 Å². The summed E-state index contributed by atoms with van der Waals surface area (Å²) in [7, 11) is 0.209. The summed E-state index contributed by atoms with van der Waals surface area (Å²) in [5.41, 5.74) is 1.13. The molecule has 0 radical (unpaired) electrons. The van der Waals surface area contributed by atoms with Crippen LogP contribution < -0.4 is 0 Å². The molecule has 1 heterocycles. The van der Waals surface area contributed by atoms with Crippen molar-refractivity contribution in [1.29, 1.82) is 0 Å². The van der Waals surface area contributed by atoms with E-state index >= 15 is 0 Å². The Bertz CT molecular complexity index is 567. The number of ether oxygens (including phenoxy) is 3. The molecule has 3 atom stereocenters. The third-order valence-corrected chi connectivity index (χ3v) is 5.14. The van der Waals surface area contributed by atoms with Gasteiger partial charge in [-0.25, -0.2) is 0 Å². The zero-order chi connectivity index (χ0) is 17.0. The van der Waals surface area contributed by atoms with Crippen LogP contribution >= 0.6 is 0 Å². The number of benzene rings is 1. The maximum absolute atomic E-state index is 12.5. The fourth-order valence-corrected chi connectivity index (χ4v) is 3.85. The van der Waals surface area contributed by atoms with Crippen molar-refractivity contribution in [3.05, 3.63) is 29.8 Å². The highest BCUT2D eigenvalue weighted by Crippen LogP contribution is 2.29. The summed E-state index contributed by atoms with van der Waals surface area (Å²) in [4.78, 5) is 12.3. The number of carbonyl (C=O) groups is 1. The van der Waals surface area contributed by atoms with Crippen LogP contribution in [0.5, 0.6) is 0 Å². The highest BCUT2D eigenvalue weighted by molar-refractivity contribution is 7.85. The van der Waals surface area contributed by atoms with Crippen molar-refractivity contribution >= 4 is 16.8 Å². The van der Waals surface area contributed by atoms with Crippen molar-refractivity contribution in [1.82, 2.24) is 0 Å². The molecule has 1 aliphatic rings. The average Bonchev–Trinajstić information content (AvgIpc) is 2.45. The molecule has 1 saturated heterocycles. The van der Waals surface area contributed by atoms with Crippen molar-refractivity contribution in [3.63, 3.8) is 0 Å². The van der Waals surface area contributed by atoms with Crippen LogP contribution in [0.1, 0.15) is 32.3 Å². The molecule has 1 aliphatic heterocycles. The zero-order valence-corrected chi connectivity index (χ0v) is 14.9. The average molecular weight is 340 g/mol. The number of hydrogen-bond donors (Lipinski definition) is 0. The van der Waals surface area contributed by atoms with Crippen molar-refractivity contribution in [2.24, 2.45) is 0 Å². The summed E-state index contributed by atoms with van der Waals surface area (Å²) in [5, 5.41) is 0. The fourth-order valence-electron chi connectivity index (χ4n) is 2.67. The summed E-state index contributed by atoms with van der Waals surface area (Å²) in [6.45, 7) is 5.60. The van der Waals surface area contributed by atoms with Crippen LogP contribution in [0.15, 0.2) is 29.2 Å². The van der Waals surface area contributed by atoms with Crippen molar-refractivity contribution in [2.45, 2.75) is 56.5 Å². The van der Waals surface area contributed by atoms with Crippen LogP contribution in [0.25, 0.3) is 0 Å². The topological polar surface area (TPSA) is 61.8 Å². The lowest BCUT2D eigenvalue weighted by Gasteiger charge is -2.40. The smallest absolute Gasteiger partial charge is 0.308 e. The molecule has 128 valence electrons. The lowest BCUT2D eigenvalue weighted by Crippen LogP contribution is -2.47. The largest absolute Gasteiger partial charge is 0.469 e. The highest BCUT2D eigenvalue weighted by atomic mass is 32.2. The third kappa shape index (κ3) is 5.41. The molecule has 2 rings (SSSR count). The monoisotopic (exact) mass is 340 g/mol. The van der Waals surface area contributed by atoms with Gasteiger partial charge in [0.15, 0.2) is 5.79 Å². The van der Waals surface area contributed by atoms with Gasteiger partial charge < -0.3 is 14.2 Å². The van der Waals surface area contributed by atoms with Crippen molar-refractivity contribution in [2.75, 3.05) is 12.9 Å². The van der Waals surface area contributed by atoms with Gasteiger partial charge in [-0.3, -0.25) is 9.00 Å². The molecule has 1 aromatic rings. The van der Waals surface area contributed by atoms with Gasteiger partial charge in [0.2, 0.25) is 0 Å². The molecule has 0 bridgehead atoms. The van der Waals surface area contributed by atoms with Crippen molar-refractivity contribution < 1.29 is 23.2 Å². The minimum Gasteiger partial charge on any atom is -0.469 e. The van der Waals surface area contributed by atoms with E-state index in [0.29, 0.717) is 12.2 Å². The minimum atomic E-state index is -1.15. The maximum atomic E-state index is 12.5. The van der Waals surface area contributed by atoms with Crippen LogP contribution in [0.2, 0.25) is 0 Å². The lowest BCUT2D eigenvalue weighted by atomic mass is 10.1. The number of methoxy groups -OCH3 is 1. The molecule has 1 fully saturated rings. The maximum Gasteiger partial charge on any atom is 0.308 e. The molecular formula is C17H24O5S. The second-order valence-electron chi connectivity index (χ2n) is 6.22. The molecule has 0 saturated carbocycles. The molecule has 6 heteroatoms. The summed E-state index contributed by atoms with van der Waals surface area (Å²) in [6.07, 6.45) is 0.189. The van der Waals surface area contributed by atoms with Gasteiger partial charge in [0.25, 0.3) is 0 Å². The standard InChI is InChI=1S/C17H24O5S/c1-12-5-7-15(8-6-12)23(19)11-14-9-13(10-16(18)20-4)21-17(2,3)22-14/h5-8,13-14H,9-11H2,1-4H3/t13-,14+,23-/m1/s1. The Morgan fingerprint density at radius 2 is 1.87 bits per heavy atom. The Morgan fingerprint density at radius 1 is 1.26 bits per heavy atom. The van der Waals surface area contributed by atoms with Gasteiger partial charge in [0.05, 0.1) is 42.3 Å². The summed E-state index contributed by atoms with van der Waals surface area (Å²) in [5.74, 6) is -0.738. The number of aryl methyl sites for hydroxylation is 1. The molecule has 0 unspecified atom stereocenters. The van der Waals surface area contributed by atoms with E-state index < -0.39 is 16.6 Å². The van der Waals surface area contributed by atoms with E-state index in [4.69, 9.17) is 14.2 Å². The Balaban J connectivity index is 2.01. The number of esters is 1. The van der Waals surface area contributed by atoms with Gasteiger partial charge >= 0.3 is 5.97 Å². The van der Waals surface area contributed by atoms with Gasteiger partial charge in [-0.1, -0.05) is 17.7 Å². The SMILES string of the molecule is COC(=O)C[C@H]1C[C@@H](C[S@@](=O)c2ccc(C)cc2)OC(C)(C)O1. The number of rotatable bonds is 5. The van der Waals surface area contributed by atoms with Crippen LogP contribution in [0, 0.1) is 6.92 Å². The Kier molecular flexibility index (Phi) is 5.95. The molecule has 0 aromatic heterocycles. The zero-order valence-electron chi connectivity index (χ0n) is 14.0. The van der Waals surface area contributed by atoms with Crippen LogP contribution in [0.3, 0.4) is 0 Å². The second kappa shape index (κ2) is 7.55. The Hall–Kier alpha value is -1.24. The first kappa shape index (κ1) is 18.1. The van der Waals surface area contributed by atoms with E-state index in [1.165, 1.54) is 7.11 Å². The molecule has 0 spiro atoms. The summed E-state index contributed by atoms with van der Waals surface area (Å²) in [6, 6.07) is 7.65. The van der Waals surface area contributed by atoms with Gasteiger partial charge in [0.1, 0.15) is 0 Å². The predicted molar refractivity (Wildman–Crippen MR) is 87.5 cm³/mol. The van der Waals surface area contributed by atoms with Gasteiger partial charge in [0, 0.05) is 11.3 Å². The number of hydrogen-bond acceptors (Lipinski definition) is 5. The number of carbonyl (C=O) groups excluding carboxylic acids is 1. The molecule has 0 amide bonds. The molecule has 1 aromatic carbocycles. The Labute approximate surface area is 139 Å². The second-order valence-corrected chi connectivity index (χ2v) is 7.72. The third-order valence-electron chi connectivity index (χ3n) is 3.67. The first-order valence-electron chi connectivity index (χ1n) is 7.66. The quantitative estimate of drug-likeness (QED) is 0.771. The molecule has 0 N–H and O–H groups in total. The van der Waals surface area contributed by atoms with Crippen LogP contribution in [0.4, 0.5) is 0 Å². The minimum absolute atomic E-state index is 0.178. The highest BCUT2D eigenvalue weighted by Gasteiger charge is 2.37. The normalized spacial score (nSPS) is 24.9. The van der Waals surface area contributed by atoms with Gasteiger partial charge in [-0.2, -0.15) is 0 Å². The first-order valence-corrected chi connectivity index (χ1v) is 8.98. The first-order chi connectivity index (χ1) is 10.8. The van der Waals surface area contributed by atoms with E-state index in [0.717, 1.165) is 10.5 Å². The van der Waals surface area contributed by atoms with Gasteiger partial charge in [-0.05, 0) is 32.9 Å². The van der Waals surface area contributed by atoms with E-state index in [9.17, 15) is 9.00 Å².